The van der Waals surface area contributed by atoms with Crippen molar-refractivity contribution in [2.75, 3.05) is 0 Å². The molecule has 0 spiro atoms. The van der Waals surface area contributed by atoms with E-state index in [1.165, 1.54) is 0 Å². The van der Waals surface area contributed by atoms with Crippen LogP contribution in [0, 0.1) is 0 Å². The Balaban J connectivity index is 2.65. The summed E-state index contributed by atoms with van der Waals surface area (Å²) in [6.07, 6.45) is 9.75. The van der Waals surface area contributed by atoms with E-state index < -0.39 is 0 Å². The molecule has 0 saturated heterocycles. The molecule has 0 atom stereocenters. The highest BCUT2D eigenvalue weighted by Gasteiger charge is 2.03. The van der Waals surface area contributed by atoms with Crippen molar-refractivity contribution in [2.45, 2.75) is 6.92 Å². The number of aromatic nitrogens is 1. The van der Waals surface area contributed by atoms with Gasteiger partial charge in [-0.15, -0.1) is 0 Å². The minimum Gasteiger partial charge on any atom is -0.256 e. The summed E-state index contributed by atoms with van der Waals surface area (Å²) in [5.41, 5.74) is 3.23. The highest BCUT2D eigenvalue weighted by atomic mass is 14.6. The van der Waals surface area contributed by atoms with Gasteiger partial charge < -0.3 is 0 Å². The van der Waals surface area contributed by atoms with Gasteiger partial charge in [0, 0.05) is 17.1 Å². The van der Waals surface area contributed by atoms with Crippen LogP contribution in [-0.4, -0.2) is 4.98 Å². The molecule has 1 aromatic carbocycles. The van der Waals surface area contributed by atoms with Crippen LogP contribution in [0.15, 0.2) is 67.4 Å². The lowest BCUT2D eigenvalue weighted by Crippen LogP contribution is -1.86. The fourth-order valence-electron chi connectivity index (χ4n) is 1.80. The maximum absolute atomic E-state index is 4.45. The van der Waals surface area contributed by atoms with E-state index in [1.54, 1.807) is 0 Å². The molecular weight excluding hydrogens is 206 g/mol. The maximum Gasteiger partial charge on any atom is 0.0780 e. The van der Waals surface area contributed by atoms with Gasteiger partial charge in [-0.25, -0.2) is 0 Å². The Morgan fingerprint density at radius 3 is 2.82 bits per heavy atom. The molecule has 1 aromatic heterocycles. The van der Waals surface area contributed by atoms with Crippen LogP contribution in [-0.2, 0) is 0 Å². The Morgan fingerprint density at radius 2 is 2.06 bits per heavy atom. The van der Waals surface area contributed by atoms with Crippen molar-refractivity contribution in [3.63, 3.8) is 0 Å². The van der Waals surface area contributed by atoms with Crippen LogP contribution in [0.5, 0.6) is 0 Å². The fraction of sp³-hybridized carbons (Fsp3) is 0.0625. The second-order valence-corrected chi connectivity index (χ2v) is 3.73. The van der Waals surface area contributed by atoms with Crippen LogP contribution in [0.25, 0.3) is 16.5 Å². The van der Waals surface area contributed by atoms with E-state index in [0.717, 1.165) is 22.0 Å². The normalized spacial score (nSPS) is 12.2. The molecule has 0 aliphatic heterocycles. The predicted octanol–water partition coefficient (Wildman–Crippen LogP) is 4.38. The van der Waals surface area contributed by atoms with Crippen molar-refractivity contribution >= 4 is 16.5 Å². The Kier molecular flexibility index (Phi) is 3.51. The quantitative estimate of drug-likeness (QED) is 0.701. The summed E-state index contributed by atoms with van der Waals surface area (Å²) in [6, 6.07) is 10.2. The monoisotopic (exact) mass is 221 g/mol. The van der Waals surface area contributed by atoms with Gasteiger partial charge in [-0.2, -0.15) is 0 Å². The molecule has 17 heavy (non-hydrogen) atoms. The van der Waals surface area contributed by atoms with E-state index in [0.29, 0.717) is 0 Å². The first-order valence-electron chi connectivity index (χ1n) is 5.66. The van der Waals surface area contributed by atoms with Crippen molar-refractivity contribution in [1.29, 1.82) is 0 Å². The Hall–Kier alpha value is -2.15. The zero-order valence-electron chi connectivity index (χ0n) is 9.93. The molecular formula is C16H15N. The number of hydrogen-bond donors (Lipinski definition) is 0. The Labute approximate surface area is 102 Å². The first kappa shape index (κ1) is 11.3. The van der Waals surface area contributed by atoms with Crippen molar-refractivity contribution in [1.82, 2.24) is 4.98 Å². The maximum atomic E-state index is 4.45. The molecule has 1 heteroatoms. The van der Waals surface area contributed by atoms with Gasteiger partial charge in [0.1, 0.15) is 0 Å². The van der Waals surface area contributed by atoms with Crippen LogP contribution < -0.4 is 0 Å². The average molecular weight is 221 g/mol. The molecule has 0 fully saturated rings. The lowest BCUT2D eigenvalue weighted by molar-refractivity contribution is 1.40. The van der Waals surface area contributed by atoms with Gasteiger partial charge in [0.15, 0.2) is 0 Å². The van der Waals surface area contributed by atoms with Gasteiger partial charge in [-0.1, -0.05) is 55.1 Å². The second-order valence-electron chi connectivity index (χ2n) is 3.73. The number of para-hydroxylation sites is 1. The molecule has 1 heterocycles. The third kappa shape index (κ3) is 2.34. The molecule has 0 saturated carbocycles. The van der Waals surface area contributed by atoms with Gasteiger partial charge in [-0.05, 0) is 18.6 Å². The average Bonchev–Trinajstić information content (AvgIpc) is 2.40. The first-order valence-corrected chi connectivity index (χ1v) is 5.66. The summed E-state index contributed by atoms with van der Waals surface area (Å²) in [4.78, 5) is 4.45. The molecule has 2 rings (SSSR count). The third-order valence-electron chi connectivity index (χ3n) is 2.63. The Morgan fingerprint density at radius 1 is 1.24 bits per heavy atom. The van der Waals surface area contributed by atoms with E-state index in [2.05, 4.69) is 35.8 Å². The summed E-state index contributed by atoms with van der Waals surface area (Å²) in [5, 5.41) is 1.15. The highest BCUT2D eigenvalue weighted by molar-refractivity contribution is 5.93. The molecule has 1 nitrogen and oxygen atoms in total. The number of hydrogen-bond acceptors (Lipinski definition) is 1. The van der Waals surface area contributed by atoms with Crippen LogP contribution in [0.4, 0.5) is 0 Å². The van der Waals surface area contributed by atoms with Crippen molar-refractivity contribution in [2.24, 2.45) is 0 Å². The number of allylic oxidation sites excluding steroid dienone is 5. The van der Waals surface area contributed by atoms with E-state index in [1.807, 2.05) is 43.5 Å². The summed E-state index contributed by atoms with van der Waals surface area (Å²) in [5.74, 6) is 0. The minimum absolute atomic E-state index is 1.02. The molecule has 2 aromatic rings. The summed E-state index contributed by atoms with van der Waals surface area (Å²) in [7, 11) is 0. The third-order valence-corrected chi connectivity index (χ3v) is 2.63. The molecule has 0 N–H and O–H groups in total. The van der Waals surface area contributed by atoms with Gasteiger partial charge in [0.25, 0.3) is 0 Å². The number of rotatable bonds is 3. The largest absolute Gasteiger partial charge is 0.256 e. The van der Waals surface area contributed by atoms with Crippen molar-refractivity contribution < 1.29 is 0 Å². The standard InChI is InChI=1S/C16H15N/c1-3-5-8-13(4-2)15-11-6-9-14-10-7-12-17-16(14)15/h3-12H,2H2,1H3/b5-3-,13-8+. The summed E-state index contributed by atoms with van der Waals surface area (Å²) >= 11 is 0. The molecule has 0 aliphatic carbocycles. The van der Waals surface area contributed by atoms with Crippen LogP contribution in [0.3, 0.4) is 0 Å². The lowest BCUT2D eigenvalue weighted by atomic mass is 10.0. The minimum atomic E-state index is 1.02. The van der Waals surface area contributed by atoms with Crippen LogP contribution >= 0.6 is 0 Å². The smallest absolute Gasteiger partial charge is 0.0780 e. The van der Waals surface area contributed by atoms with Gasteiger partial charge in [0.05, 0.1) is 5.52 Å². The topological polar surface area (TPSA) is 12.9 Å². The van der Waals surface area contributed by atoms with Gasteiger partial charge >= 0.3 is 0 Å². The van der Waals surface area contributed by atoms with Gasteiger partial charge in [-0.3, -0.25) is 4.98 Å². The fourth-order valence-corrected chi connectivity index (χ4v) is 1.80. The number of fused-ring (bicyclic) bond motifs is 1. The molecule has 84 valence electrons. The number of pyridine rings is 1. The number of nitrogens with zero attached hydrogens (tertiary/aromatic N) is 1. The molecule has 0 amide bonds. The van der Waals surface area contributed by atoms with Gasteiger partial charge in [0.2, 0.25) is 0 Å². The number of benzene rings is 1. The predicted molar refractivity (Wildman–Crippen MR) is 74.7 cm³/mol. The highest BCUT2D eigenvalue weighted by Crippen LogP contribution is 2.23. The van der Waals surface area contributed by atoms with E-state index in [-0.39, 0.29) is 0 Å². The van der Waals surface area contributed by atoms with Crippen molar-refractivity contribution in [3.8, 4) is 0 Å². The first-order chi connectivity index (χ1) is 8.36. The zero-order valence-corrected chi connectivity index (χ0v) is 9.93. The van der Waals surface area contributed by atoms with E-state index >= 15 is 0 Å². The lowest BCUT2D eigenvalue weighted by Gasteiger charge is -2.05. The summed E-state index contributed by atoms with van der Waals surface area (Å²) in [6.45, 7) is 5.87. The van der Waals surface area contributed by atoms with E-state index in [4.69, 9.17) is 0 Å². The second kappa shape index (κ2) is 5.26. The molecule has 0 unspecified atom stereocenters. The molecule has 0 bridgehead atoms. The zero-order chi connectivity index (χ0) is 12.1. The molecule has 0 aliphatic rings. The Bertz CT molecular complexity index is 586. The molecule has 0 radical (unpaired) electrons. The van der Waals surface area contributed by atoms with Crippen LogP contribution in [0.1, 0.15) is 12.5 Å². The van der Waals surface area contributed by atoms with Crippen molar-refractivity contribution in [3.05, 3.63) is 73.0 Å². The SMILES string of the molecule is C=C/C(=C\C=C/C)c1cccc2cccnc12. The van der Waals surface area contributed by atoms with Crippen LogP contribution in [0.2, 0.25) is 0 Å². The summed E-state index contributed by atoms with van der Waals surface area (Å²) < 4.78 is 0. The van der Waals surface area contributed by atoms with E-state index in [9.17, 15) is 0 Å².